The Kier molecular flexibility index (Phi) is 6.83. The molecule has 4 aromatic rings. The van der Waals surface area contributed by atoms with Crippen LogP contribution >= 0.6 is 0 Å². The molecule has 0 radical (unpaired) electrons. The largest absolute Gasteiger partial charge is 0.495 e. The maximum absolute atomic E-state index is 13.1. The summed E-state index contributed by atoms with van der Waals surface area (Å²) in [6, 6.07) is 21.5. The van der Waals surface area contributed by atoms with Gasteiger partial charge in [-0.3, -0.25) is 4.31 Å². The lowest BCUT2D eigenvalue weighted by Crippen LogP contribution is -2.27. The van der Waals surface area contributed by atoms with Crippen molar-refractivity contribution < 1.29 is 27.1 Å². The predicted octanol–water partition coefficient (Wildman–Crippen LogP) is 4.49. The van der Waals surface area contributed by atoms with Crippen molar-refractivity contribution in [1.82, 2.24) is 10.2 Å². The van der Waals surface area contributed by atoms with Crippen LogP contribution in [0.2, 0.25) is 0 Å². The van der Waals surface area contributed by atoms with Crippen LogP contribution in [0.15, 0.2) is 88.2 Å². The van der Waals surface area contributed by atoms with Gasteiger partial charge in [0, 0.05) is 12.6 Å². The SMILES string of the molecule is COc1ccccc1N(C)S(=O)(=O)c1ccc(C(=O)OC(C)c2nnc(-c3ccccc3)o2)cc1. The van der Waals surface area contributed by atoms with Crippen LogP contribution in [0.3, 0.4) is 0 Å². The van der Waals surface area contributed by atoms with Gasteiger partial charge in [0.2, 0.25) is 5.89 Å². The van der Waals surface area contributed by atoms with Crippen LogP contribution in [-0.4, -0.2) is 38.7 Å². The summed E-state index contributed by atoms with van der Waals surface area (Å²) in [5.74, 6) is 0.232. The zero-order valence-corrected chi connectivity index (χ0v) is 20.1. The molecule has 1 unspecified atom stereocenters. The number of anilines is 1. The van der Waals surface area contributed by atoms with Crippen molar-refractivity contribution in [2.75, 3.05) is 18.5 Å². The van der Waals surface area contributed by atoms with Crippen LogP contribution < -0.4 is 9.04 Å². The molecule has 0 saturated carbocycles. The van der Waals surface area contributed by atoms with E-state index in [-0.39, 0.29) is 16.3 Å². The second kappa shape index (κ2) is 9.98. The van der Waals surface area contributed by atoms with Gasteiger partial charge in [-0.1, -0.05) is 30.3 Å². The lowest BCUT2D eigenvalue weighted by molar-refractivity contribution is 0.0279. The number of esters is 1. The van der Waals surface area contributed by atoms with Crippen molar-refractivity contribution in [3.8, 4) is 17.2 Å². The molecule has 0 bridgehead atoms. The van der Waals surface area contributed by atoms with E-state index in [0.29, 0.717) is 17.3 Å². The molecule has 0 aliphatic heterocycles. The second-order valence-electron chi connectivity index (χ2n) is 7.53. The molecule has 3 aromatic carbocycles. The number of methoxy groups -OCH3 is 1. The van der Waals surface area contributed by atoms with Gasteiger partial charge in [0.25, 0.3) is 15.9 Å². The third kappa shape index (κ3) is 5.02. The van der Waals surface area contributed by atoms with Crippen LogP contribution in [0.25, 0.3) is 11.5 Å². The van der Waals surface area contributed by atoms with Crippen molar-refractivity contribution in [3.05, 3.63) is 90.3 Å². The average Bonchev–Trinajstić information content (AvgIpc) is 3.39. The van der Waals surface area contributed by atoms with Crippen LogP contribution in [-0.2, 0) is 14.8 Å². The molecule has 0 aliphatic carbocycles. The smallest absolute Gasteiger partial charge is 0.338 e. The topological polar surface area (TPSA) is 112 Å². The highest BCUT2D eigenvalue weighted by atomic mass is 32.2. The molecular weight excluding hydrogens is 470 g/mol. The van der Waals surface area contributed by atoms with Gasteiger partial charge in [-0.2, -0.15) is 0 Å². The minimum absolute atomic E-state index is 0.0138. The Hall–Kier alpha value is -4.18. The van der Waals surface area contributed by atoms with Crippen molar-refractivity contribution in [1.29, 1.82) is 0 Å². The van der Waals surface area contributed by atoms with E-state index in [0.717, 1.165) is 9.87 Å². The van der Waals surface area contributed by atoms with Crippen LogP contribution in [0.5, 0.6) is 5.75 Å². The Morgan fingerprint density at radius 3 is 2.29 bits per heavy atom. The number of benzene rings is 3. The number of ether oxygens (including phenoxy) is 2. The summed E-state index contributed by atoms with van der Waals surface area (Å²) in [6.45, 7) is 1.61. The van der Waals surface area contributed by atoms with E-state index in [1.165, 1.54) is 38.4 Å². The van der Waals surface area contributed by atoms with Crippen molar-refractivity contribution >= 4 is 21.7 Å². The molecule has 0 fully saturated rings. The van der Waals surface area contributed by atoms with Gasteiger partial charge in [0.1, 0.15) is 5.75 Å². The highest BCUT2D eigenvalue weighted by Gasteiger charge is 2.25. The fraction of sp³-hybridized carbons (Fsp3) is 0.160. The van der Waals surface area contributed by atoms with Gasteiger partial charge in [0.05, 0.1) is 23.3 Å². The van der Waals surface area contributed by atoms with E-state index in [9.17, 15) is 13.2 Å². The van der Waals surface area contributed by atoms with Crippen LogP contribution in [0.1, 0.15) is 29.3 Å². The second-order valence-corrected chi connectivity index (χ2v) is 9.50. The minimum Gasteiger partial charge on any atom is -0.495 e. The third-order valence-corrected chi connectivity index (χ3v) is 7.05. The number of para-hydroxylation sites is 2. The molecule has 10 heteroatoms. The van der Waals surface area contributed by atoms with Gasteiger partial charge in [-0.05, 0) is 55.5 Å². The number of carbonyl (C=O) groups excluding carboxylic acids is 1. The lowest BCUT2D eigenvalue weighted by atomic mass is 10.2. The summed E-state index contributed by atoms with van der Waals surface area (Å²) >= 11 is 0. The quantitative estimate of drug-likeness (QED) is 0.330. The first-order chi connectivity index (χ1) is 16.8. The molecule has 4 rings (SSSR count). The lowest BCUT2D eigenvalue weighted by Gasteiger charge is -2.21. The Balaban J connectivity index is 1.46. The van der Waals surface area contributed by atoms with E-state index in [1.54, 1.807) is 31.2 Å². The van der Waals surface area contributed by atoms with Gasteiger partial charge in [-0.25, -0.2) is 13.2 Å². The van der Waals surface area contributed by atoms with Crippen LogP contribution in [0.4, 0.5) is 5.69 Å². The monoisotopic (exact) mass is 493 g/mol. The summed E-state index contributed by atoms with van der Waals surface area (Å²) in [7, 11) is -0.983. The fourth-order valence-electron chi connectivity index (χ4n) is 3.32. The summed E-state index contributed by atoms with van der Waals surface area (Å²) in [5, 5.41) is 7.95. The average molecular weight is 494 g/mol. The van der Waals surface area contributed by atoms with Crippen LogP contribution in [0, 0.1) is 0 Å². The zero-order valence-electron chi connectivity index (χ0n) is 19.3. The van der Waals surface area contributed by atoms with E-state index in [1.807, 2.05) is 30.3 Å². The summed E-state index contributed by atoms with van der Waals surface area (Å²) < 4.78 is 43.6. The molecule has 1 heterocycles. The highest BCUT2D eigenvalue weighted by molar-refractivity contribution is 7.92. The van der Waals surface area contributed by atoms with Gasteiger partial charge < -0.3 is 13.9 Å². The molecule has 180 valence electrons. The standard InChI is InChI=1S/C25H23N3O6S/c1-17(23-26-27-24(34-23)18-9-5-4-6-10-18)33-25(29)19-13-15-20(16-14-19)35(30,31)28(2)21-11-7-8-12-22(21)32-3/h4-17H,1-3H3. The van der Waals surface area contributed by atoms with Gasteiger partial charge >= 0.3 is 5.97 Å². The Morgan fingerprint density at radius 2 is 1.60 bits per heavy atom. The number of carbonyl (C=O) groups is 1. The maximum Gasteiger partial charge on any atom is 0.338 e. The molecule has 0 N–H and O–H groups in total. The van der Waals surface area contributed by atoms with E-state index >= 15 is 0 Å². The molecule has 35 heavy (non-hydrogen) atoms. The number of sulfonamides is 1. The fourth-order valence-corrected chi connectivity index (χ4v) is 4.52. The van der Waals surface area contributed by atoms with Crippen molar-refractivity contribution in [3.63, 3.8) is 0 Å². The maximum atomic E-state index is 13.1. The highest BCUT2D eigenvalue weighted by Crippen LogP contribution is 2.31. The molecular formula is C25H23N3O6S. The van der Waals surface area contributed by atoms with Crippen molar-refractivity contribution in [2.24, 2.45) is 0 Å². The zero-order chi connectivity index (χ0) is 25.0. The molecule has 1 aromatic heterocycles. The Bertz CT molecular complexity index is 1420. The summed E-state index contributed by atoms with van der Waals surface area (Å²) in [4.78, 5) is 12.6. The van der Waals surface area contributed by atoms with E-state index in [2.05, 4.69) is 10.2 Å². The summed E-state index contributed by atoms with van der Waals surface area (Å²) in [6.07, 6.45) is -0.799. The molecule has 1 atom stereocenters. The third-order valence-electron chi connectivity index (χ3n) is 5.27. The number of hydrogen-bond donors (Lipinski definition) is 0. The first-order valence-electron chi connectivity index (χ1n) is 10.6. The number of hydrogen-bond acceptors (Lipinski definition) is 8. The molecule has 0 aliphatic rings. The number of aromatic nitrogens is 2. The van der Waals surface area contributed by atoms with Crippen molar-refractivity contribution in [2.45, 2.75) is 17.9 Å². The minimum atomic E-state index is -3.89. The first-order valence-corrected chi connectivity index (χ1v) is 12.1. The molecule has 0 spiro atoms. The van der Waals surface area contributed by atoms with E-state index < -0.39 is 22.1 Å². The number of rotatable bonds is 8. The Morgan fingerprint density at radius 1 is 0.943 bits per heavy atom. The van der Waals surface area contributed by atoms with E-state index in [4.69, 9.17) is 13.9 Å². The van der Waals surface area contributed by atoms with Gasteiger partial charge in [-0.15, -0.1) is 10.2 Å². The molecule has 0 saturated heterocycles. The Labute approximate surface area is 203 Å². The summed E-state index contributed by atoms with van der Waals surface area (Å²) in [5.41, 5.74) is 1.32. The molecule has 0 amide bonds. The molecule has 9 nitrogen and oxygen atoms in total. The van der Waals surface area contributed by atoms with Gasteiger partial charge in [0.15, 0.2) is 6.10 Å². The number of nitrogens with zero attached hydrogens (tertiary/aromatic N) is 3. The predicted molar refractivity (Wildman–Crippen MR) is 129 cm³/mol. The first kappa shape index (κ1) is 24.0. The normalized spacial score (nSPS) is 12.1.